The number of amides is 3. The van der Waals surface area contributed by atoms with Gasteiger partial charge in [-0.05, 0) is 42.0 Å². The Kier molecular flexibility index (Phi) is 6.26. The molecule has 3 aromatic carbocycles. The van der Waals surface area contributed by atoms with E-state index < -0.39 is 0 Å². The standard InChI is InChI=1S/C29H28N2O3/c32-27(30-26(20-11-3-1-4-12-20)21-13-5-2-6-14-21)23-16-8-7-15-22(23)19-31-28(33)24-17-9-10-18-25(24)29(31)34/h1-6,9-14,17-18,22-23,26H,7-8,15-16,19H2,(H,30,32). The first kappa shape index (κ1) is 22.1. The van der Waals surface area contributed by atoms with E-state index >= 15 is 0 Å². The normalized spacial score (nSPS) is 19.9. The minimum atomic E-state index is -0.253. The summed E-state index contributed by atoms with van der Waals surface area (Å²) in [5.41, 5.74) is 2.96. The molecule has 34 heavy (non-hydrogen) atoms. The topological polar surface area (TPSA) is 66.5 Å². The highest BCUT2D eigenvalue weighted by Crippen LogP contribution is 2.34. The van der Waals surface area contributed by atoms with Crippen LogP contribution >= 0.6 is 0 Å². The zero-order valence-corrected chi connectivity index (χ0v) is 19.0. The molecule has 2 unspecified atom stereocenters. The molecular weight excluding hydrogens is 424 g/mol. The Morgan fingerprint density at radius 3 is 1.82 bits per heavy atom. The van der Waals surface area contributed by atoms with Gasteiger partial charge in [-0.25, -0.2) is 0 Å². The average Bonchev–Trinajstić information content (AvgIpc) is 3.13. The predicted octanol–water partition coefficient (Wildman–Crippen LogP) is 4.99. The molecule has 5 nitrogen and oxygen atoms in total. The second-order valence-corrected chi connectivity index (χ2v) is 9.18. The van der Waals surface area contributed by atoms with Gasteiger partial charge < -0.3 is 5.32 Å². The molecule has 5 rings (SSSR count). The van der Waals surface area contributed by atoms with Crippen LogP contribution in [0.25, 0.3) is 0 Å². The molecule has 0 saturated heterocycles. The van der Waals surface area contributed by atoms with Gasteiger partial charge in [0.25, 0.3) is 11.8 Å². The van der Waals surface area contributed by atoms with Crippen molar-refractivity contribution in [3.63, 3.8) is 0 Å². The lowest BCUT2D eigenvalue weighted by Crippen LogP contribution is -2.44. The van der Waals surface area contributed by atoms with Crippen molar-refractivity contribution in [1.82, 2.24) is 10.2 Å². The fraction of sp³-hybridized carbons (Fsp3) is 0.276. The molecule has 1 saturated carbocycles. The van der Waals surface area contributed by atoms with E-state index in [0.29, 0.717) is 11.1 Å². The Labute approximate surface area is 199 Å². The molecule has 172 valence electrons. The summed E-state index contributed by atoms with van der Waals surface area (Å²) in [6, 6.07) is 26.6. The number of hydrogen-bond acceptors (Lipinski definition) is 3. The lowest BCUT2D eigenvalue weighted by molar-refractivity contribution is -0.128. The van der Waals surface area contributed by atoms with Crippen LogP contribution in [0.3, 0.4) is 0 Å². The van der Waals surface area contributed by atoms with E-state index in [0.717, 1.165) is 36.8 Å². The number of nitrogens with zero attached hydrogens (tertiary/aromatic N) is 1. The van der Waals surface area contributed by atoms with Crippen LogP contribution in [0, 0.1) is 11.8 Å². The summed E-state index contributed by atoms with van der Waals surface area (Å²) in [6.07, 6.45) is 3.55. The fourth-order valence-corrected chi connectivity index (χ4v) is 5.31. The monoisotopic (exact) mass is 452 g/mol. The lowest BCUT2D eigenvalue weighted by atomic mass is 9.78. The van der Waals surface area contributed by atoms with E-state index in [4.69, 9.17) is 0 Å². The predicted molar refractivity (Wildman–Crippen MR) is 130 cm³/mol. The molecule has 1 heterocycles. The van der Waals surface area contributed by atoms with Crippen LogP contribution in [0.4, 0.5) is 0 Å². The molecule has 5 heteroatoms. The number of carbonyl (C=O) groups excluding carboxylic acids is 3. The zero-order valence-electron chi connectivity index (χ0n) is 19.0. The number of rotatable bonds is 6. The first-order chi connectivity index (χ1) is 16.6. The maximum absolute atomic E-state index is 13.6. The Bertz CT molecular complexity index is 1120. The number of nitrogens with one attached hydrogen (secondary N) is 1. The zero-order chi connectivity index (χ0) is 23.5. The van der Waals surface area contributed by atoms with Crippen molar-refractivity contribution in [2.75, 3.05) is 6.54 Å². The van der Waals surface area contributed by atoms with Crippen LogP contribution in [0.1, 0.15) is 63.6 Å². The molecule has 0 radical (unpaired) electrons. The number of benzene rings is 3. The van der Waals surface area contributed by atoms with Crippen molar-refractivity contribution in [1.29, 1.82) is 0 Å². The van der Waals surface area contributed by atoms with Crippen molar-refractivity contribution in [3.05, 3.63) is 107 Å². The summed E-state index contributed by atoms with van der Waals surface area (Å²) >= 11 is 0. The van der Waals surface area contributed by atoms with E-state index in [2.05, 4.69) is 5.32 Å². The van der Waals surface area contributed by atoms with Gasteiger partial charge in [0.2, 0.25) is 5.91 Å². The third kappa shape index (κ3) is 4.26. The third-order valence-corrected chi connectivity index (χ3v) is 7.09. The van der Waals surface area contributed by atoms with Crippen molar-refractivity contribution >= 4 is 17.7 Å². The molecule has 0 bridgehead atoms. The molecule has 3 amide bonds. The summed E-state index contributed by atoms with van der Waals surface area (Å²) < 4.78 is 0. The minimum absolute atomic E-state index is 0.0148. The molecule has 0 spiro atoms. The molecule has 3 aromatic rings. The number of imide groups is 1. The summed E-state index contributed by atoms with van der Waals surface area (Å²) in [6.45, 7) is 0.284. The molecule has 1 aliphatic heterocycles. The summed E-state index contributed by atoms with van der Waals surface area (Å²) in [4.78, 5) is 40.8. The highest BCUT2D eigenvalue weighted by Gasteiger charge is 2.40. The molecule has 1 aliphatic carbocycles. The SMILES string of the molecule is O=C(NC(c1ccccc1)c1ccccc1)C1CCCCC1CN1C(=O)c2ccccc2C1=O. The first-order valence-corrected chi connectivity index (χ1v) is 12.0. The molecule has 1 fully saturated rings. The highest BCUT2D eigenvalue weighted by atomic mass is 16.2. The lowest BCUT2D eigenvalue weighted by Gasteiger charge is -2.34. The fourth-order valence-electron chi connectivity index (χ4n) is 5.31. The number of fused-ring (bicyclic) bond motifs is 1. The quantitative estimate of drug-likeness (QED) is 0.536. The largest absolute Gasteiger partial charge is 0.345 e. The molecule has 1 N–H and O–H groups in total. The van der Waals surface area contributed by atoms with E-state index in [1.807, 2.05) is 60.7 Å². The van der Waals surface area contributed by atoms with Gasteiger partial charge in [0.15, 0.2) is 0 Å². The van der Waals surface area contributed by atoms with Gasteiger partial charge in [0, 0.05) is 12.5 Å². The summed E-state index contributed by atoms with van der Waals surface area (Å²) in [7, 11) is 0. The third-order valence-electron chi connectivity index (χ3n) is 7.09. The van der Waals surface area contributed by atoms with Gasteiger partial charge in [0.1, 0.15) is 0 Å². The second-order valence-electron chi connectivity index (χ2n) is 9.18. The van der Waals surface area contributed by atoms with Crippen molar-refractivity contribution in [3.8, 4) is 0 Å². The molecule has 2 aliphatic rings. The van der Waals surface area contributed by atoms with Gasteiger partial charge in [-0.1, -0.05) is 85.6 Å². The Balaban J connectivity index is 1.36. The van der Waals surface area contributed by atoms with Crippen molar-refractivity contribution in [2.24, 2.45) is 11.8 Å². The molecule has 2 atom stereocenters. The van der Waals surface area contributed by atoms with Crippen molar-refractivity contribution < 1.29 is 14.4 Å². The van der Waals surface area contributed by atoms with E-state index in [1.165, 1.54) is 4.90 Å². The first-order valence-electron chi connectivity index (χ1n) is 12.0. The maximum Gasteiger partial charge on any atom is 0.261 e. The van der Waals surface area contributed by atoms with Crippen LogP contribution in [-0.4, -0.2) is 29.2 Å². The van der Waals surface area contributed by atoms with E-state index in [1.54, 1.807) is 24.3 Å². The van der Waals surface area contributed by atoms with Crippen molar-refractivity contribution in [2.45, 2.75) is 31.7 Å². The van der Waals surface area contributed by atoms with Gasteiger partial charge in [-0.2, -0.15) is 0 Å². The van der Waals surface area contributed by atoms with Crippen LogP contribution in [0.15, 0.2) is 84.9 Å². The van der Waals surface area contributed by atoms with Gasteiger partial charge in [-0.3, -0.25) is 19.3 Å². The maximum atomic E-state index is 13.6. The average molecular weight is 453 g/mol. The van der Waals surface area contributed by atoms with Gasteiger partial charge >= 0.3 is 0 Å². The Morgan fingerprint density at radius 1 is 0.765 bits per heavy atom. The van der Waals surface area contributed by atoms with Crippen LogP contribution in [-0.2, 0) is 4.79 Å². The van der Waals surface area contributed by atoms with Crippen LogP contribution in [0.2, 0.25) is 0 Å². The van der Waals surface area contributed by atoms with E-state index in [9.17, 15) is 14.4 Å². The Morgan fingerprint density at radius 2 is 1.26 bits per heavy atom. The molecule has 0 aromatic heterocycles. The number of hydrogen-bond donors (Lipinski definition) is 1. The smallest absolute Gasteiger partial charge is 0.261 e. The summed E-state index contributed by atoms with van der Waals surface area (Å²) in [5, 5.41) is 3.29. The van der Waals surface area contributed by atoms with Crippen LogP contribution < -0.4 is 5.32 Å². The van der Waals surface area contributed by atoms with Crippen LogP contribution in [0.5, 0.6) is 0 Å². The van der Waals surface area contributed by atoms with E-state index in [-0.39, 0.29) is 42.1 Å². The second kappa shape index (κ2) is 9.64. The van der Waals surface area contributed by atoms with Gasteiger partial charge in [-0.15, -0.1) is 0 Å². The van der Waals surface area contributed by atoms with Gasteiger partial charge in [0.05, 0.1) is 17.2 Å². The number of carbonyl (C=O) groups is 3. The molecular formula is C29H28N2O3. The summed E-state index contributed by atoms with van der Waals surface area (Å²) in [5.74, 6) is -0.816. The minimum Gasteiger partial charge on any atom is -0.345 e. The Hall–Kier alpha value is -3.73. The highest BCUT2D eigenvalue weighted by molar-refractivity contribution is 6.21.